The van der Waals surface area contributed by atoms with Gasteiger partial charge in [0.25, 0.3) is 0 Å². The minimum Gasteiger partial charge on any atom is -0.351 e. The Morgan fingerprint density at radius 1 is 1.33 bits per heavy atom. The normalized spacial score (nSPS) is 11.0. The summed E-state index contributed by atoms with van der Waals surface area (Å²) in [6, 6.07) is 1.92. The van der Waals surface area contributed by atoms with E-state index in [-0.39, 0.29) is 0 Å². The molecule has 0 atom stereocenters. The molecular weight excluding hydrogens is 182 g/mol. The van der Waals surface area contributed by atoms with Gasteiger partial charge in [0, 0.05) is 12.4 Å². The lowest BCUT2D eigenvalue weighted by molar-refractivity contribution is 0.253. The van der Waals surface area contributed by atoms with Crippen molar-refractivity contribution in [2.24, 2.45) is 5.73 Å². The summed E-state index contributed by atoms with van der Waals surface area (Å²) in [7, 11) is -3.82. The SMILES string of the molecule is NC(=O)NS(=O)(=O)n1cccc1. The number of hydrogen-bond acceptors (Lipinski definition) is 3. The first kappa shape index (κ1) is 8.60. The second-order valence-corrected chi connectivity index (χ2v) is 3.56. The lowest BCUT2D eigenvalue weighted by Crippen LogP contribution is -2.38. The van der Waals surface area contributed by atoms with Crippen LogP contribution in [0.3, 0.4) is 0 Å². The van der Waals surface area contributed by atoms with Crippen LogP contribution in [0.4, 0.5) is 4.79 Å². The number of urea groups is 1. The third-order valence-corrected chi connectivity index (χ3v) is 2.34. The summed E-state index contributed by atoms with van der Waals surface area (Å²) in [5, 5.41) is 0. The van der Waals surface area contributed by atoms with E-state index >= 15 is 0 Å². The van der Waals surface area contributed by atoms with E-state index in [1.165, 1.54) is 24.5 Å². The van der Waals surface area contributed by atoms with Crippen molar-refractivity contribution in [2.75, 3.05) is 0 Å². The number of carbonyl (C=O) groups is 1. The zero-order chi connectivity index (χ0) is 9.19. The summed E-state index contributed by atoms with van der Waals surface area (Å²) >= 11 is 0. The number of primary amides is 1. The highest BCUT2D eigenvalue weighted by atomic mass is 32.2. The molecule has 0 fully saturated rings. The zero-order valence-corrected chi connectivity index (χ0v) is 6.78. The van der Waals surface area contributed by atoms with Gasteiger partial charge < -0.3 is 5.73 Å². The van der Waals surface area contributed by atoms with Crippen LogP contribution in [0.25, 0.3) is 0 Å². The molecule has 3 N–H and O–H groups in total. The molecule has 0 aliphatic heterocycles. The van der Waals surface area contributed by atoms with E-state index in [0.717, 1.165) is 3.97 Å². The smallest absolute Gasteiger partial charge is 0.330 e. The number of aromatic nitrogens is 1. The van der Waals surface area contributed by atoms with E-state index in [1.54, 1.807) is 4.72 Å². The van der Waals surface area contributed by atoms with Crippen molar-refractivity contribution in [3.8, 4) is 0 Å². The molecule has 0 saturated carbocycles. The fraction of sp³-hybridized carbons (Fsp3) is 0. The highest BCUT2D eigenvalue weighted by Crippen LogP contribution is 1.94. The monoisotopic (exact) mass is 189 g/mol. The van der Waals surface area contributed by atoms with Crippen molar-refractivity contribution in [3.63, 3.8) is 0 Å². The average Bonchev–Trinajstić information content (AvgIpc) is 2.32. The Hall–Kier alpha value is -1.50. The minimum absolute atomic E-state index is 0.845. The van der Waals surface area contributed by atoms with Crippen LogP contribution < -0.4 is 10.5 Å². The van der Waals surface area contributed by atoms with Crippen LogP contribution in [0, 0.1) is 0 Å². The van der Waals surface area contributed by atoms with Crippen molar-refractivity contribution in [1.82, 2.24) is 8.69 Å². The van der Waals surface area contributed by atoms with Gasteiger partial charge in [-0.2, -0.15) is 8.42 Å². The molecule has 7 heteroatoms. The molecule has 0 unspecified atom stereocenters. The molecule has 1 aromatic rings. The Morgan fingerprint density at radius 2 is 1.83 bits per heavy atom. The van der Waals surface area contributed by atoms with E-state index in [1.807, 2.05) is 0 Å². The number of rotatable bonds is 2. The molecule has 0 radical (unpaired) electrons. The Labute approximate surface area is 69.2 Å². The maximum atomic E-state index is 11.1. The Bertz CT molecular complexity index is 367. The first-order valence-electron chi connectivity index (χ1n) is 2.98. The van der Waals surface area contributed by atoms with Crippen LogP contribution in [0.5, 0.6) is 0 Å². The van der Waals surface area contributed by atoms with Gasteiger partial charge in [0.2, 0.25) is 0 Å². The zero-order valence-electron chi connectivity index (χ0n) is 5.97. The summed E-state index contributed by atoms with van der Waals surface area (Å²) in [5.41, 5.74) is 4.64. The summed E-state index contributed by atoms with van der Waals surface area (Å²) < 4.78 is 24.6. The van der Waals surface area contributed by atoms with Crippen molar-refractivity contribution >= 4 is 16.2 Å². The molecule has 0 spiro atoms. The molecule has 0 bridgehead atoms. The second-order valence-electron chi connectivity index (χ2n) is 1.98. The number of nitrogens with zero attached hydrogens (tertiary/aromatic N) is 1. The molecule has 0 aliphatic rings. The van der Waals surface area contributed by atoms with Crippen LogP contribution in [0.2, 0.25) is 0 Å². The number of nitrogens with two attached hydrogens (primary N) is 1. The maximum absolute atomic E-state index is 11.1. The van der Waals surface area contributed by atoms with E-state index in [0.29, 0.717) is 0 Å². The molecule has 12 heavy (non-hydrogen) atoms. The predicted octanol–water partition coefficient (Wildman–Crippen LogP) is -0.751. The van der Waals surface area contributed by atoms with E-state index < -0.39 is 16.2 Å². The van der Waals surface area contributed by atoms with Gasteiger partial charge in [-0.1, -0.05) is 0 Å². The summed E-state index contributed by atoms with van der Waals surface area (Å²) in [5.74, 6) is 0. The minimum atomic E-state index is -3.82. The molecule has 0 aromatic carbocycles. The lowest BCUT2D eigenvalue weighted by Gasteiger charge is -2.03. The highest BCUT2D eigenvalue weighted by Gasteiger charge is 2.12. The van der Waals surface area contributed by atoms with Gasteiger partial charge in [-0.3, -0.25) is 0 Å². The summed E-state index contributed by atoms with van der Waals surface area (Å²) in [4.78, 5) is 10.2. The Morgan fingerprint density at radius 3 is 2.25 bits per heavy atom. The molecule has 66 valence electrons. The molecule has 2 amide bonds. The first-order valence-corrected chi connectivity index (χ1v) is 4.42. The molecule has 1 aromatic heterocycles. The Kier molecular flexibility index (Phi) is 2.05. The van der Waals surface area contributed by atoms with Gasteiger partial charge in [0.05, 0.1) is 0 Å². The van der Waals surface area contributed by atoms with Crippen molar-refractivity contribution in [2.45, 2.75) is 0 Å². The quantitative estimate of drug-likeness (QED) is 0.640. The van der Waals surface area contributed by atoms with Gasteiger partial charge in [-0.05, 0) is 12.1 Å². The molecule has 0 aliphatic carbocycles. The van der Waals surface area contributed by atoms with Gasteiger partial charge in [-0.25, -0.2) is 13.5 Å². The van der Waals surface area contributed by atoms with Gasteiger partial charge >= 0.3 is 16.2 Å². The molecule has 0 saturated heterocycles. The van der Waals surface area contributed by atoms with Crippen LogP contribution >= 0.6 is 0 Å². The van der Waals surface area contributed by atoms with Crippen LogP contribution in [0.15, 0.2) is 24.5 Å². The largest absolute Gasteiger partial charge is 0.351 e. The number of nitrogens with one attached hydrogen (secondary N) is 1. The van der Waals surface area contributed by atoms with Crippen LogP contribution in [0.1, 0.15) is 0 Å². The van der Waals surface area contributed by atoms with Gasteiger partial charge in [0.15, 0.2) is 0 Å². The van der Waals surface area contributed by atoms with E-state index in [9.17, 15) is 13.2 Å². The van der Waals surface area contributed by atoms with Crippen molar-refractivity contribution in [3.05, 3.63) is 24.5 Å². The number of hydrogen-bond donors (Lipinski definition) is 2. The maximum Gasteiger partial charge on any atom is 0.330 e. The fourth-order valence-electron chi connectivity index (χ4n) is 0.659. The topological polar surface area (TPSA) is 94.2 Å². The molecule has 1 rings (SSSR count). The summed E-state index contributed by atoms with van der Waals surface area (Å²) in [6.07, 6.45) is 2.57. The predicted molar refractivity (Wildman–Crippen MR) is 41.5 cm³/mol. The second kappa shape index (κ2) is 2.86. The highest BCUT2D eigenvalue weighted by molar-refractivity contribution is 7.88. The fourth-order valence-corrected chi connectivity index (χ4v) is 1.48. The number of amides is 2. The molecular formula is C5H7N3O3S. The lowest BCUT2D eigenvalue weighted by atomic mass is 10.7. The first-order chi connectivity index (χ1) is 5.52. The van der Waals surface area contributed by atoms with Gasteiger partial charge in [-0.15, -0.1) is 0 Å². The van der Waals surface area contributed by atoms with Gasteiger partial charge in [0.1, 0.15) is 0 Å². The average molecular weight is 189 g/mol. The third-order valence-electron chi connectivity index (χ3n) is 1.08. The molecule has 1 heterocycles. The Balaban J connectivity index is 2.96. The summed E-state index contributed by atoms with van der Waals surface area (Å²) in [6.45, 7) is 0. The van der Waals surface area contributed by atoms with Crippen LogP contribution in [-0.4, -0.2) is 18.4 Å². The van der Waals surface area contributed by atoms with E-state index in [4.69, 9.17) is 0 Å². The van der Waals surface area contributed by atoms with Crippen LogP contribution in [-0.2, 0) is 10.2 Å². The van der Waals surface area contributed by atoms with Crippen molar-refractivity contribution in [1.29, 1.82) is 0 Å². The van der Waals surface area contributed by atoms with E-state index in [2.05, 4.69) is 5.73 Å². The third kappa shape index (κ3) is 1.76. The van der Waals surface area contributed by atoms with Crippen molar-refractivity contribution < 1.29 is 13.2 Å². The standard InChI is InChI=1S/C5H7N3O3S/c6-5(9)7-12(10,11)8-3-1-2-4-8/h1-4H,(H3,6,7,9). The molecule has 6 nitrogen and oxygen atoms in total. The number of carbonyl (C=O) groups excluding carboxylic acids is 1.